The van der Waals surface area contributed by atoms with E-state index in [0.717, 1.165) is 42.4 Å². The lowest BCUT2D eigenvalue weighted by Crippen LogP contribution is -2.20. The molecule has 0 aliphatic heterocycles. The van der Waals surface area contributed by atoms with Crippen molar-refractivity contribution in [3.63, 3.8) is 0 Å². The summed E-state index contributed by atoms with van der Waals surface area (Å²) in [5.74, 6) is 0.182. The molecule has 1 aromatic carbocycles. The molecule has 5 heteroatoms. The standard InChI is InChI=1S/C24H33BrN2O2.C2H6/c1-6-7-20(21-8-10-22(11-9-21)24(28)29-5)12-15-27-17-18(2)16-19(3)23(25)13-14-26-4;1-2/h8-11,13-14,16,20,27H,3,6-7,12,15,17H2,1-2,4-5H3;1-2H3/b18-16+,23-13+,26-14?;. The molecule has 1 N–H and O–H groups in total. The fourth-order valence-corrected chi connectivity index (χ4v) is 3.29. The van der Waals surface area contributed by atoms with Crippen LogP contribution in [-0.2, 0) is 4.74 Å². The number of halogens is 1. The number of allylic oxidation sites excluding steroid dienone is 4. The first-order valence-corrected chi connectivity index (χ1v) is 11.8. The lowest BCUT2D eigenvalue weighted by molar-refractivity contribution is 0.0600. The van der Waals surface area contributed by atoms with Crippen molar-refractivity contribution in [2.24, 2.45) is 4.99 Å². The molecular formula is C26H39BrN2O2. The summed E-state index contributed by atoms with van der Waals surface area (Å²) in [5, 5.41) is 3.53. The van der Waals surface area contributed by atoms with Gasteiger partial charge in [0.05, 0.1) is 12.7 Å². The summed E-state index contributed by atoms with van der Waals surface area (Å²) < 4.78 is 5.71. The molecule has 0 saturated heterocycles. The molecule has 4 nitrogen and oxygen atoms in total. The maximum atomic E-state index is 11.6. The molecule has 0 aliphatic carbocycles. The molecule has 0 bridgehead atoms. The molecule has 0 aliphatic rings. The Labute approximate surface area is 197 Å². The van der Waals surface area contributed by atoms with Crippen molar-refractivity contribution in [1.29, 1.82) is 0 Å². The molecule has 1 atom stereocenters. The smallest absolute Gasteiger partial charge is 0.337 e. The molecule has 0 spiro atoms. The number of carbonyl (C=O) groups is 1. The van der Waals surface area contributed by atoms with E-state index in [2.05, 4.69) is 52.7 Å². The molecule has 0 saturated carbocycles. The van der Waals surface area contributed by atoms with Gasteiger partial charge in [0.1, 0.15) is 0 Å². The van der Waals surface area contributed by atoms with Gasteiger partial charge >= 0.3 is 5.97 Å². The van der Waals surface area contributed by atoms with Crippen molar-refractivity contribution in [2.75, 3.05) is 27.2 Å². The van der Waals surface area contributed by atoms with E-state index >= 15 is 0 Å². The van der Waals surface area contributed by atoms with Gasteiger partial charge in [0.2, 0.25) is 0 Å². The number of carbonyl (C=O) groups excluding carboxylic acids is 1. The Bertz CT molecular complexity index is 749. The van der Waals surface area contributed by atoms with Crippen molar-refractivity contribution in [3.05, 3.63) is 69.8 Å². The van der Waals surface area contributed by atoms with Crippen molar-refractivity contribution in [3.8, 4) is 0 Å². The number of benzene rings is 1. The first kappa shape index (κ1) is 29.0. The number of hydrogen-bond acceptors (Lipinski definition) is 4. The Morgan fingerprint density at radius 1 is 1.26 bits per heavy atom. The number of methoxy groups -OCH3 is 1. The topological polar surface area (TPSA) is 50.7 Å². The van der Waals surface area contributed by atoms with E-state index in [9.17, 15) is 4.79 Å². The summed E-state index contributed by atoms with van der Waals surface area (Å²) in [6.45, 7) is 14.1. The zero-order chi connectivity index (χ0) is 23.6. The largest absolute Gasteiger partial charge is 0.465 e. The quantitative estimate of drug-likeness (QED) is 0.151. The molecule has 1 unspecified atom stereocenters. The van der Waals surface area contributed by atoms with Gasteiger partial charge in [-0.25, -0.2) is 4.79 Å². The number of esters is 1. The van der Waals surface area contributed by atoms with Crippen LogP contribution in [0.5, 0.6) is 0 Å². The van der Waals surface area contributed by atoms with Crippen LogP contribution >= 0.6 is 15.9 Å². The number of rotatable bonds is 12. The van der Waals surface area contributed by atoms with Crippen molar-refractivity contribution < 1.29 is 9.53 Å². The highest BCUT2D eigenvalue weighted by molar-refractivity contribution is 9.12. The van der Waals surface area contributed by atoms with Gasteiger partial charge < -0.3 is 10.1 Å². The summed E-state index contributed by atoms with van der Waals surface area (Å²) >= 11 is 3.51. The number of nitrogens with zero attached hydrogens (tertiary/aromatic N) is 1. The van der Waals surface area contributed by atoms with Crippen LogP contribution in [0.4, 0.5) is 0 Å². The lowest BCUT2D eigenvalue weighted by Gasteiger charge is -2.17. The molecule has 0 aromatic heterocycles. The fourth-order valence-electron chi connectivity index (χ4n) is 3.06. The zero-order valence-corrected chi connectivity index (χ0v) is 21.6. The minimum absolute atomic E-state index is 0.294. The maximum Gasteiger partial charge on any atom is 0.337 e. The van der Waals surface area contributed by atoms with Gasteiger partial charge in [-0.1, -0.05) is 73.5 Å². The molecular weight excluding hydrogens is 452 g/mol. The first-order valence-electron chi connectivity index (χ1n) is 11.0. The minimum Gasteiger partial charge on any atom is -0.465 e. The first-order chi connectivity index (χ1) is 14.9. The van der Waals surface area contributed by atoms with Crippen LogP contribution in [0, 0.1) is 0 Å². The third kappa shape index (κ3) is 11.8. The molecule has 0 fully saturated rings. The maximum absolute atomic E-state index is 11.6. The Balaban J connectivity index is 0.00000436. The van der Waals surface area contributed by atoms with Crippen molar-refractivity contribution >= 4 is 28.1 Å². The van der Waals surface area contributed by atoms with Gasteiger partial charge in [0.15, 0.2) is 0 Å². The molecule has 1 aromatic rings. The summed E-state index contributed by atoms with van der Waals surface area (Å²) in [6.07, 6.45) is 9.01. The second-order valence-electron chi connectivity index (χ2n) is 7.00. The van der Waals surface area contributed by atoms with Gasteiger partial charge in [0, 0.05) is 24.3 Å². The molecule has 0 heterocycles. The minimum atomic E-state index is -0.294. The van der Waals surface area contributed by atoms with Gasteiger partial charge in [-0.05, 0) is 61.6 Å². The normalized spacial score (nSPS) is 12.9. The Kier molecular flexibility index (Phi) is 16.5. The average Bonchev–Trinajstić information content (AvgIpc) is 2.80. The van der Waals surface area contributed by atoms with Gasteiger partial charge in [-0.15, -0.1) is 0 Å². The average molecular weight is 492 g/mol. The number of hydrogen-bond donors (Lipinski definition) is 1. The van der Waals surface area contributed by atoms with E-state index < -0.39 is 0 Å². The Morgan fingerprint density at radius 2 is 1.90 bits per heavy atom. The molecule has 172 valence electrons. The molecule has 31 heavy (non-hydrogen) atoms. The van der Waals surface area contributed by atoms with E-state index in [4.69, 9.17) is 4.74 Å². The van der Waals surface area contributed by atoms with E-state index in [1.165, 1.54) is 18.2 Å². The number of aliphatic imine (C=N–C) groups is 1. The lowest BCUT2D eigenvalue weighted by atomic mass is 9.91. The monoisotopic (exact) mass is 490 g/mol. The van der Waals surface area contributed by atoms with E-state index in [1.807, 2.05) is 44.2 Å². The number of nitrogens with one attached hydrogen (secondary N) is 1. The van der Waals surface area contributed by atoms with Crippen LogP contribution in [0.2, 0.25) is 0 Å². The summed E-state index contributed by atoms with van der Waals surface area (Å²) in [6, 6.07) is 7.80. The Morgan fingerprint density at radius 3 is 2.45 bits per heavy atom. The van der Waals surface area contributed by atoms with E-state index in [0.29, 0.717) is 11.5 Å². The van der Waals surface area contributed by atoms with Crippen LogP contribution in [0.1, 0.15) is 68.8 Å². The predicted octanol–water partition coefficient (Wildman–Crippen LogP) is 6.84. The van der Waals surface area contributed by atoms with Crippen LogP contribution in [0.15, 0.2) is 63.6 Å². The summed E-state index contributed by atoms with van der Waals surface area (Å²) in [7, 11) is 3.14. The van der Waals surface area contributed by atoms with E-state index in [1.54, 1.807) is 13.3 Å². The molecule has 0 amide bonds. The Hall–Kier alpha value is -1.98. The van der Waals surface area contributed by atoms with Crippen LogP contribution in [0.3, 0.4) is 0 Å². The highest BCUT2D eigenvalue weighted by Crippen LogP contribution is 2.25. The van der Waals surface area contributed by atoms with Gasteiger partial charge in [-0.2, -0.15) is 0 Å². The third-order valence-corrected chi connectivity index (χ3v) is 5.38. The van der Waals surface area contributed by atoms with Gasteiger partial charge in [0.25, 0.3) is 0 Å². The van der Waals surface area contributed by atoms with E-state index in [-0.39, 0.29) is 5.97 Å². The molecule has 0 radical (unpaired) electrons. The SMILES string of the molecule is C=C(/C=C(\C)CNCCC(CCC)c1ccc(C(=O)OC)cc1)/C(Br)=C\C=NC.CC. The zero-order valence-electron chi connectivity index (χ0n) is 20.0. The van der Waals surface area contributed by atoms with Crippen LogP contribution in [0.25, 0.3) is 0 Å². The highest BCUT2D eigenvalue weighted by atomic mass is 79.9. The second kappa shape index (κ2) is 17.7. The predicted molar refractivity (Wildman–Crippen MR) is 139 cm³/mol. The van der Waals surface area contributed by atoms with Crippen LogP contribution < -0.4 is 5.32 Å². The highest BCUT2D eigenvalue weighted by Gasteiger charge is 2.12. The van der Waals surface area contributed by atoms with Crippen molar-refractivity contribution in [1.82, 2.24) is 5.32 Å². The fraction of sp³-hybridized carbons (Fsp3) is 0.462. The summed E-state index contributed by atoms with van der Waals surface area (Å²) in [4.78, 5) is 15.6. The number of ether oxygens (including phenoxy) is 1. The molecule has 1 rings (SSSR count). The van der Waals surface area contributed by atoms with Gasteiger partial charge in [-0.3, -0.25) is 4.99 Å². The van der Waals surface area contributed by atoms with Crippen molar-refractivity contribution in [2.45, 2.75) is 52.9 Å². The third-order valence-electron chi connectivity index (χ3n) is 4.61. The second-order valence-corrected chi connectivity index (χ2v) is 7.86. The van der Waals surface area contributed by atoms with Crippen LogP contribution in [-0.4, -0.2) is 39.4 Å². The summed E-state index contributed by atoms with van der Waals surface area (Å²) in [5.41, 5.74) is 4.02.